The van der Waals surface area contributed by atoms with Crippen molar-refractivity contribution in [3.63, 3.8) is 0 Å². The molecule has 1 aromatic heterocycles. The smallest absolute Gasteiger partial charge is 0.352 e. The molecule has 1 unspecified atom stereocenters. The zero-order valence-electron chi connectivity index (χ0n) is 13.0. The maximum atomic E-state index is 12.1. The van der Waals surface area contributed by atoms with Gasteiger partial charge >= 0.3 is 5.97 Å². The van der Waals surface area contributed by atoms with Gasteiger partial charge in [-0.3, -0.25) is 4.79 Å². The molecule has 1 saturated heterocycles. The second-order valence-electron chi connectivity index (χ2n) is 5.74. The molecular weight excluding hydrogens is 296 g/mol. The SMILES string of the molecule is CCc1ccc2[nH]c(C(=O)O)c(CNC(=O)C3CCCO3)c2c1. The molecule has 6 heteroatoms. The van der Waals surface area contributed by atoms with Crippen LogP contribution in [0.1, 0.15) is 41.4 Å². The van der Waals surface area contributed by atoms with Gasteiger partial charge in [0.1, 0.15) is 11.8 Å². The Morgan fingerprint density at radius 1 is 1.43 bits per heavy atom. The molecule has 0 radical (unpaired) electrons. The summed E-state index contributed by atoms with van der Waals surface area (Å²) in [4.78, 5) is 26.5. The monoisotopic (exact) mass is 316 g/mol. The fourth-order valence-electron chi connectivity index (χ4n) is 2.95. The molecule has 1 amide bonds. The van der Waals surface area contributed by atoms with Gasteiger partial charge in [-0.05, 0) is 37.0 Å². The van der Waals surface area contributed by atoms with Crippen molar-refractivity contribution in [2.75, 3.05) is 6.61 Å². The minimum atomic E-state index is -1.03. The molecule has 0 saturated carbocycles. The average molecular weight is 316 g/mol. The molecule has 1 aliphatic heterocycles. The van der Waals surface area contributed by atoms with Gasteiger partial charge in [0, 0.05) is 29.6 Å². The van der Waals surface area contributed by atoms with Gasteiger partial charge in [-0.2, -0.15) is 0 Å². The third-order valence-electron chi connectivity index (χ3n) is 4.25. The molecule has 0 aliphatic carbocycles. The van der Waals surface area contributed by atoms with E-state index in [4.69, 9.17) is 4.74 Å². The summed E-state index contributed by atoms with van der Waals surface area (Å²) in [7, 11) is 0. The van der Waals surface area contributed by atoms with E-state index in [-0.39, 0.29) is 18.1 Å². The number of H-pyrrole nitrogens is 1. The van der Waals surface area contributed by atoms with Crippen LogP contribution in [0, 0.1) is 0 Å². The summed E-state index contributed by atoms with van der Waals surface area (Å²) in [5.74, 6) is -1.21. The molecule has 2 heterocycles. The van der Waals surface area contributed by atoms with E-state index < -0.39 is 12.1 Å². The van der Waals surface area contributed by atoms with Crippen molar-refractivity contribution in [3.8, 4) is 0 Å². The fraction of sp³-hybridized carbons (Fsp3) is 0.412. The van der Waals surface area contributed by atoms with Crippen molar-refractivity contribution >= 4 is 22.8 Å². The Balaban J connectivity index is 1.89. The van der Waals surface area contributed by atoms with E-state index in [1.54, 1.807) is 0 Å². The lowest BCUT2D eigenvalue weighted by molar-refractivity contribution is -0.130. The van der Waals surface area contributed by atoms with Gasteiger partial charge in [0.25, 0.3) is 0 Å². The second-order valence-corrected chi connectivity index (χ2v) is 5.74. The van der Waals surface area contributed by atoms with Gasteiger partial charge in [-0.15, -0.1) is 0 Å². The summed E-state index contributed by atoms with van der Waals surface area (Å²) in [6, 6.07) is 5.83. The van der Waals surface area contributed by atoms with Gasteiger partial charge in [0.05, 0.1) is 0 Å². The van der Waals surface area contributed by atoms with Crippen LogP contribution in [0.15, 0.2) is 18.2 Å². The average Bonchev–Trinajstić information content (AvgIpc) is 3.19. The van der Waals surface area contributed by atoms with Crippen LogP contribution in [-0.4, -0.2) is 34.7 Å². The highest BCUT2D eigenvalue weighted by molar-refractivity contribution is 5.98. The molecule has 3 rings (SSSR count). The molecule has 1 atom stereocenters. The number of carbonyl (C=O) groups is 2. The van der Waals surface area contributed by atoms with E-state index >= 15 is 0 Å². The quantitative estimate of drug-likeness (QED) is 0.789. The molecular formula is C17H20N2O4. The van der Waals surface area contributed by atoms with E-state index in [1.165, 1.54) is 0 Å². The van der Waals surface area contributed by atoms with E-state index in [0.717, 1.165) is 29.3 Å². The van der Waals surface area contributed by atoms with E-state index in [0.29, 0.717) is 18.6 Å². The topological polar surface area (TPSA) is 91.4 Å². The number of nitrogens with one attached hydrogen (secondary N) is 2. The Morgan fingerprint density at radius 2 is 2.26 bits per heavy atom. The Hall–Kier alpha value is -2.34. The Kier molecular flexibility index (Phi) is 4.34. The molecule has 1 aromatic carbocycles. The number of benzene rings is 1. The van der Waals surface area contributed by atoms with Crippen LogP contribution in [0.2, 0.25) is 0 Å². The second kappa shape index (κ2) is 6.42. The number of carboxylic acid groups (broad SMARTS) is 1. The van der Waals surface area contributed by atoms with Crippen molar-refractivity contribution in [1.29, 1.82) is 0 Å². The molecule has 0 spiro atoms. The van der Waals surface area contributed by atoms with Crippen LogP contribution in [0.5, 0.6) is 0 Å². The lowest BCUT2D eigenvalue weighted by Crippen LogP contribution is -2.33. The normalized spacial score (nSPS) is 17.5. The first-order chi connectivity index (χ1) is 11.1. The molecule has 122 valence electrons. The van der Waals surface area contributed by atoms with Crippen LogP contribution in [0.4, 0.5) is 0 Å². The first kappa shape index (κ1) is 15.6. The van der Waals surface area contributed by atoms with Crippen molar-refractivity contribution in [3.05, 3.63) is 35.0 Å². The third-order valence-corrected chi connectivity index (χ3v) is 4.25. The Labute approximate surface area is 133 Å². The number of carbonyl (C=O) groups excluding carboxylic acids is 1. The first-order valence-electron chi connectivity index (χ1n) is 7.86. The highest BCUT2D eigenvalue weighted by atomic mass is 16.5. The summed E-state index contributed by atoms with van der Waals surface area (Å²) in [5.41, 5.74) is 2.62. The van der Waals surface area contributed by atoms with Crippen LogP contribution in [0.3, 0.4) is 0 Å². The predicted molar refractivity (Wildman–Crippen MR) is 85.5 cm³/mol. The first-order valence-corrected chi connectivity index (χ1v) is 7.86. The van der Waals surface area contributed by atoms with Crippen LogP contribution in [0.25, 0.3) is 10.9 Å². The number of amides is 1. The lowest BCUT2D eigenvalue weighted by atomic mass is 10.1. The summed E-state index contributed by atoms with van der Waals surface area (Å²) in [5, 5.41) is 13.0. The summed E-state index contributed by atoms with van der Waals surface area (Å²) in [6.45, 7) is 2.82. The van der Waals surface area contributed by atoms with E-state index in [1.807, 2.05) is 25.1 Å². The van der Waals surface area contributed by atoms with Crippen molar-refractivity contribution in [2.45, 2.75) is 38.8 Å². The molecule has 1 fully saturated rings. The zero-order chi connectivity index (χ0) is 16.4. The van der Waals surface area contributed by atoms with Gasteiger partial charge in [0.15, 0.2) is 0 Å². The maximum absolute atomic E-state index is 12.1. The third kappa shape index (κ3) is 3.07. The Morgan fingerprint density at radius 3 is 2.91 bits per heavy atom. The molecule has 23 heavy (non-hydrogen) atoms. The molecule has 1 aliphatic rings. The number of rotatable bonds is 5. The number of carboxylic acids is 1. The highest BCUT2D eigenvalue weighted by Gasteiger charge is 2.24. The van der Waals surface area contributed by atoms with Crippen LogP contribution >= 0.6 is 0 Å². The number of ether oxygens (including phenoxy) is 1. The summed E-state index contributed by atoms with van der Waals surface area (Å²) in [6.07, 6.45) is 2.04. The fourth-order valence-corrected chi connectivity index (χ4v) is 2.95. The van der Waals surface area contributed by atoms with Crippen molar-refractivity contribution in [2.24, 2.45) is 0 Å². The standard InChI is InChI=1S/C17H20N2O4/c1-2-10-5-6-13-11(8-10)12(15(19-13)17(21)22)9-18-16(20)14-4-3-7-23-14/h5-6,8,14,19H,2-4,7,9H2,1H3,(H,18,20)(H,21,22). The zero-order valence-corrected chi connectivity index (χ0v) is 13.0. The van der Waals surface area contributed by atoms with E-state index in [9.17, 15) is 14.7 Å². The number of hydrogen-bond acceptors (Lipinski definition) is 3. The number of aromatic carboxylic acids is 1. The molecule has 2 aromatic rings. The molecule has 0 bridgehead atoms. The number of aromatic amines is 1. The van der Waals surface area contributed by atoms with Gasteiger partial charge in [-0.25, -0.2) is 4.79 Å². The number of fused-ring (bicyclic) bond motifs is 1. The maximum Gasteiger partial charge on any atom is 0.352 e. The number of aromatic nitrogens is 1. The van der Waals surface area contributed by atoms with Crippen LogP contribution in [-0.2, 0) is 22.5 Å². The van der Waals surface area contributed by atoms with Crippen molar-refractivity contribution < 1.29 is 19.4 Å². The van der Waals surface area contributed by atoms with Crippen molar-refractivity contribution in [1.82, 2.24) is 10.3 Å². The minimum Gasteiger partial charge on any atom is -0.477 e. The number of hydrogen-bond donors (Lipinski definition) is 3. The minimum absolute atomic E-state index is 0.126. The largest absolute Gasteiger partial charge is 0.477 e. The van der Waals surface area contributed by atoms with Crippen LogP contribution < -0.4 is 5.32 Å². The predicted octanol–water partition coefficient (Wildman–Crippen LogP) is 2.22. The summed E-state index contributed by atoms with van der Waals surface area (Å²) < 4.78 is 5.35. The molecule has 3 N–H and O–H groups in total. The highest BCUT2D eigenvalue weighted by Crippen LogP contribution is 2.24. The van der Waals surface area contributed by atoms with E-state index in [2.05, 4.69) is 10.3 Å². The number of aryl methyl sites for hydroxylation is 1. The molecule has 6 nitrogen and oxygen atoms in total. The van der Waals surface area contributed by atoms with Gasteiger partial charge < -0.3 is 20.1 Å². The summed E-state index contributed by atoms with van der Waals surface area (Å²) >= 11 is 0. The lowest BCUT2D eigenvalue weighted by Gasteiger charge is -2.10. The Bertz CT molecular complexity index is 744. The van der Waals surface area contributed by atoms with Gasteiger partial charge in [0.2, 0.25) is 5.91 Å². The van der Waals surface area contributed by atoms with Gasteiger partial charge in [-0.1, -0.05) is 13.0 Å².